The first-order valence-electron chi connectivity index (χ1n) is 9.19. The minimum Gasteiger partial charge on any atom is -0.490 e. The molecule has 1 aliphatic heterocycles. The van der Waals surface area contributed by atoms with Crippen LogP contribution >= 0.6 is 0 Å². The maximum atomic E-state index is 14.3. The molecule has 0 bridgehead atoms. The Balaban J connectivity index is 1.67. The molecule has 3 atom stereocenters. The number of rotatable bonds is 5. The molecule has 1 spiro atoms. The largest absolute Gasteiger partial charge is 0.490 e. The van der Waals surface area contributed by atoms with Gasteiger partial charge in [0.25, 0.3) is 11.8 Å². The number of carbonyl (C=O) groups excluding carboxylic acids is 2. The Morgan fingerprint density at radius 2 is 2.18 bits per heavy atom. The van der Waals surface area contributed by atoms with Crippen molar-refractivity contribution in [3.8, 4) is 11.6 Å². The number of ether oxygens (including phenoxy) is 2. The van der Waals surface area contributed by atoms with Gasteiger partial charge in [0.05, 0.1) is 17.2 Å². The second-order valence-corrected chi connectivity index (χ2v) is 8.01. The highest BCUT2D eigenvalue weighted by Crippen LogP contribution is 2.50. The van der Waals surface area contributed by atoms with E-state index in [1.807, 2.05) is 13.8 Å². The third kappa shape index (κ3) is 3.02. The Hall–Kier alpha value is -2.90. The Morgan fingerprint density at radius 1 is 1.43 bits per heavy atom. The molecule has 28 heavy (non-hydrogen) atoms. The third-order valence-corrected chi connectivity index (χ3v) is 5.20. The topological polar surface area (TPSA) is 104 Å². The maximum Gasteiger partial charge on any atom is 0.258 e. The number of alkyl halides is 1. The van der Waals surface area contributed by atoms with Crippen LogP contribution in [0, 0.1) is 0 Å². The SMILES string of the molecule is CC(C)Oc1cc2c(OC3CC34C[C@](C)(F)C(=O)N4)nccc2cc1C(N)=O. The van der Waals surface area contributed by atoms with Crippen LogP contribution in [0.4, 0.5) is 4.39 Å². The minimum absolute atomic E-state index is 0.0712. The highest BCUT2D eigenvalue weighted by molar-refractivity contribution is 6.01. The first-order valence-corrected chi connectivity index (χ1v) is 9.19. The smallest absolute Gasteiger partial charge is 0.258 e. The van der Waals surface area contributed by atoms with Gasteiger partial charge in [0, 0.05) is 24.4 Å². The number of aromatic nitrogens is 1. The van der Waals surface area contributed by atoms with E-state index in [0.717, 1.165) is 5.39 Å². The third-order valence-electron chi connectivity index (χ3n) is 5.20. The zero-order chi connectivity index (χ0) is 20.3. The number of halogens is 1. The molecule has 1 aromatic carbocycles. The zero-order valence-corrected chi connectivity index (χ0v) is 15.9. The molecule has 1 saturated heterocycles. The molecule has 148 valence electrons. The Morgan fingerprint density at radius 3 is 2.79 bits per heavy atom. The molecule has 4 rings (SSSR count). The summed E-state index contributed by atoms with van der Waals surface area (Å²) in [4.78, 5) is 27.9. The van der Waals surface area contributed by atoms with Crippen molar-refractivity contribution in [3.05, 3.63) is 30.0 Å². The summed E-state index contributed by atoms with van der Waals surface area (Å²) in [5.74, 6) is -0.508. The molecule has 3 N–H and O–H groups in total. The molecule has 2 unspecified atom stereocenters. The van der Waals surface area contributed by atoms with E-state index in [-0.39, 0.29) is 24.2 Å². The zero-order valence-electron chi connectivity index (χ0n) is 15.9. The number of carbonyl (C=O) groups is 2. The van der Waals surface area contributed by atoms with Gasteiger partial charge in [0.15, 0.2) is 5.67 Å². The normalized spacial score (nSPS) is 28.6. The van der Waals surface area contributed by atoms with Crippen LogP contribution in [-0.4, -0.2) is 40.2 Å². The predicted molar refractivity (Wildman–Crippen MR) is 100 cm³/mol. The van der Waals surface area contributed by atoms with Gasteiger partial charge in [-0.3, -0.25) is 9.59 Å². The quantitative estimate of drug-likeness (QED) is 0.819. The molecule has 0 radical (unpaired) electrons. The summed E-state index contributed by atoms with van der Waals surface area (Å²) >= 11 is 0. The number of nitrogens with two attached hydrogens (primary N) is 1. The van der Waals surface area contributed by atoms with Crippen molar-refractivity contribution in [1.82, 2.24) is 10.3 Å². The fraction of sp³-hybridized carbons (Fsp3) is 0.450. The number of primary amides is 1. The number of nitrogens with zero attached hydrogens (tertiary/aromatic N) is 1. The Bertz CT molecular complexity index is 991. The summed E-state index contributed by atoms with van der Waals surface area (Å²) in [6, 6.07) is 5.06. The lowest BCUT2D eigenvalue weighted by Crippen LogP contribution is -2.34. The first kappa shape index (κ1) is 18.5. The molecule has 2 amide bonds. The van der Waals surface area contributed by atoms with Gasteiger partial charge >= 0.3 is 0 Å². The van der Waals surface area contributed by atoms with E-state index in [1.54, 1.807) is 24.4 Å². The van der Waals surface area contributed by atoms with Gasteiger partial charge in [-0.15, -0.1) is 0 Å². The molecule has 1 aromatic heterocycles. The van der Waals surface area contributed by atoms with Crippen LogP contribution in [0.2, 0.25) is 0 Å². The molecule has 2 aromatic rings. The average molecular weight is 387 g/mol. The molecular formula is C20H22FN3O4. The number of benzene rings is 1. The van der Waals surface area contributed by atoms with Crippen molar-refractivity contribution in [3.63, 3.8) is 0 Å². The predicted octanol–water partition coefficient (Wildman–Crippen LogP) is 2.26. The van der Waals surface area contributed by atoms with Crippen LogP contribution < -0.4 is 20.5 Å². The summed E-state index contributed by atoms with van der Waals surface area (Å²) in [6.45, 7) is 4.98. The van der Waals surface area contributed by atoms with Crippen molar-refractivity contribution < 1.29 is 23.5 Å². The number of hydrogen-bond acceptors (Lipinski definition) is 5. The second kappa shape index (κ2) is 6.05. The molecule has 7 nitrogen and oxygen atoms in total. The van der Waals surface area contributed by atoms with Crippen molar-refractivity contribution in [2.24, 2.45) is 5.73 Å². The second-order valence-electron chi connectivity index (χ2n) is 8.01. The number of nitrogens with one attached hydrogen (secondary N) is 1. The minimum atomic E-state index is -1.89. The van der Waals surface area contributed by atoms with Crippen molar-refractivity contribution >= 4 is 22.6 Å². The summed E-state index contributed by atoms with van der Waals surface area (Å²) in [7, 11) is 0. The van der Waals surface area contributed by atoms with Crippen molar-refractivity contribution in [2.45, 2.75) is 57.0 Å². The number of pyridine rings is 1. The van der Waals surface area contributed by atoms with E-state index in [9.17, 15) is 14.0 Å². The number of hydrogen-bond donors (Lipinski definition) is 2. The van der Waals surface area contributed by atoms with Gasteiger partial charge in [-0.2, -0.15) is 0 Å². The molecular weight excluding hydrogens is 365 g/mol. The van der Waals surface area contributed by atoms with Crippen LogP contribution in [0.25, 0.3) is 10.8 Å². The highest BCUT2D eigenvalue weighted by atomic mass is 19.1. The standard InChI is InChI=1S/C20H22FN3O4/c1-10(2)27-14-7-12-11(6-13(14)16(22)25)4-5-23-17(12)28-15-8-20(15)9-19(3,21)18(26)24-20/h4-7,10,15H,8-9H2,1-3H3,(H2,22,25)(H,24,26)/t15?,19-,20?/m0/s1. The summed E-state index contributed by atoms with van der Waals surface area (Å²) in [6.07, 6.45) is 1.64. The molecule has 2 aliphatic rings. The van der Waals surface area contributed by atoms with E-state index in [0.29, 0.717) is 23.4 Å². The van der Waals surface area contributed by atoms with E-state index in [1.165, 1.54) is 6.92 Å². The molecule has 2 fully saturated rings. The summed E-state index contributed by atoms with van der Waals surface area (Å²) < 4.78 is 26.0. The lowest BCUT2D eigenvalue weighted by molar-refractivity contribution is -0.128. The van der Waals surface area contributed by atoms with Gasteiger partial charge < -0.3 is 20.5 Å². The number of fused-ring (bicyclic) bond motifs is 1. The molecule has 1 aliphatic carbocycles. The monoisotopic (exact) mass is 387 g/mol. The van der Waals surface area contributed by atoms with Crippen molar-refractivity contribution in [2.75, 3.05) is 0 Å². The van der Waals surface area contributed by atoms with E-state index >= 15 is 0 Å². The van der Waals surface area contributed by atoms with Crippen LogP contribution in [0.15, 0.2) is 24.4 Å². The Kier molecular flexibility index (Phi) is 3.99. The summed E-state index contributed by atoms with van der Waals surface area (Å²) in [5.41, 5.74) is 3.19. The fourth-order valence-corrected chi connectivity index (χ4v) is 3.76. The summed E-state index contributed by atoms with van der Waals surface area (Å²) in [5, 5.41) is 4.09. The fourth-order valence-electron chi connectivity index (χ4n) is 3.76. The van der Waals surface area contributed by atoms with Gasteiger partial charge in [-0.05, 0) is 44.4 Å². The van der Waals surface area contributed by atoms with E-state index < -0.39 is 23.0 Å². The van der Waals surface area contributed by atoms with Gasteiger partial charge in [0.2, 0.25) is 5.88 Å². The van der Waals surface area contributed by atoms with Crippen molar-refractivity contribution in [1.29, 1.82) is 0 Å². The van der Waals surface area contributed by atoms with Crippen LogP contribution in [-0.2, 0) is 4.79 Å². The average Bonchev–Trinajstić information content (AvgIpc) is 3.16. The molecule has 8 heteroatoms. The lowest BCUT2D eigenvalue weighted by atomic mass is 10.0. The molecule has 2 heterocycles. The highest BCUT2D eigenvalue weighted by Gasteiger charge is 2.67. The van der Waals surface area contributed by atoms with Crippen LogP contribution in [0.5, 0.6) is 11.6 Å². The van der Waals surface area contributed by atoms with Crippen LogP contribution in [0.3, 0.4) is 0 Å². The number of amides is 2. The molecule has 1 saturated carbocycles. The Labute approximate surface area is 161 Å². The van der Waals surface area contributed by atoms with Gasteiger partial charge in [-0.25, -0.2) is 9.37 Å². The first-order chi connectivity index (χ1) is 13.1. The van der Waals surface area contributed by atoms with E-state index in [2.05, 4.69) is 10.3 Å². The maximum absolute atomic E-state index is 14.3. The van der Waals surface area contributed by atoms with Gasteiger partial charge in [0.1, 0.15) is 11.9 Å². The van der Waals surface area contributed by atoms with Gasteiger partial charge in [-0.1, -0.05) is 0 Å². The lowest BCUT2D eigenvalue weighted by Gasteiger charge is -2.16. The van der Waals surface area contributed by atoms with E-state index in [4.69, 9.17) is 15.2 Å². The van der Waals surface area contributed by atoms with Crippen LogP contribution in [0.1, 0.15) is 44.0 Å².